The quantitative estimate of drug-likeness (QED) is 0.729. The Bertz CT molecular complexity index is 525. The minimum atomic E-state index is -1.28. The van der Waals surface area contributed by atoms with Gasteiger partial charge in [0.05, 0.1) is 16.1 Å². The molecule has 0 atom stereocenters. The summed E-state index contributed by atoms with van der Waals surface area (Å²) in [6.45, 7) is 14.9. The summed E-state index contributed by atoms with van der Waals surface area (Å²) in [7, 11) is -2.51. The van der Waals surface area contributed by atoms with Gasteiger partial charge in [0.2, 0.25) is 0 Å². The lowest BCUT2D eigenvalue weighted by Gasteiger charge is -2.25. The minimum absolute atomic E-state index is 1.23. The first-order chi connectivity index (χ1) is 8.21. The molecule has 2 aromatic rings. The predicted octanol–water partition coefficient (Wildman–Crippen LogP) is 4.57. The van der Waals surface area contributed by atoms with Crippen LogP contribution in [0.5, 0.6) is 0 Å². The van der Waals surface area contributed by atoms with Crippen molar-refractivity contribution < 1.29 is 0 Å². The van der Waals surface area contributed by atoms with Crippen LogP contribution in [-0.4, -0.2) is 16.1 Å². The topological polar surface area (TPSA) is 0 Å². The first-order valence-corrected chi connectivity index (χ1v) is 15.1. The maximum Gasteiger partial charge on any atom is 0.0794 e. The molecule has 0 N–H and O–H groups in total. The lowest BCUT2D eigenvalue weighted by molar-refractivity contribution is 1.73. The molecule has 18 heavy (non-hydrogen) atoms. The van der Waals surface area contributed by atoms with Crippen LogP contribution in [0.1, 0.15) is 0 Å². The Balaban J connectivity index is 2.67. The number of thiophene rings is 2. The van der Waals surface area contributed by atoms with Gasteiger partial charge in [0, 0.05) is 9.75 Å². The van der Waals surface area contributed by atoms with Crippen LogP contribution in [0, 0.1) is 0 Å². The van der Waals surface area contributed by atoms with E-state index in [1.165, 1.54) is 4.88 Å². The third kappa shape index (κ3) is 2.71. The SMILES string of the molecule is C[Si](C)(C)c1csc(-c2cccs2)c1[Si](C)(C)C. The molecule has 4 heteroatoms. The van der Waals surface area contributed by atoms with Gasteiger partial charge in [0.1, 0.15) is 0 Å². The highest BCUT2D eigenvalue weighted by molar-refractivity contribution is 7.24. The summed E-state index contributed by atoms with van der Waals surface area (Å²) in [4.78, 5) is 3.02. The van der Waals surface area contributed by atoms with Crippen molar-refractivity contribution in [2.45, 2.75) is 39.3 Å². The second-order valence-electron chi connectivity index (χ2n) is 6.83. The zero-order valence-electron chi connectivity index (χ0n) is 12.1. The molecule has 0 aliphatic rings. The van der Waals surface area contributed by atoms with Crippen LogP contribution >= 0.6 is 22.7 Å². The van der Waals surface area contributed by atoms with Crippen LogP contribution in [-0.2, 0) is 0 Å². The Morgan fingerprint density at radius 3 is 2.00 bits per heavy atom. The Kier molecular flexibility index (Phi) is 3.75. The monoisotopic (exact) mass is 310 g/mol. The van der Waals surface area contributed by atoms with E-state index >= 15 is 0 Å². The molecule has 0 saturated heterocycles. The van der Waals surface area contributed by atoms with Crippen LogP contribution in [0.4, 0.5) is 0 Å². The second-order valence-corrected chi connectivity index (χ2v) is 18.7. The number of hydrogen-bond acceptors (Lipinski definition) is 2. The van der Waals surface area contributed by atoms with Crippen molar-refractivity contribution in [1.29, 1.82) is 0 Å². The van der Waals surface area contributed by atoms with Crippen LogP contribution in [0.3, 0.4) is 0 Å². The van der Waals surface area contributed by atoms with Gasteiger partial charge in [-0.25, -0.2) is 0 Å². The standard InChI is InChI=1S/C14H22S2Si2/c1-17(2,3)12-10-16-13(11-8-7-9-15-11)14(12)18(4,5)6/h7-10H,1-6H3. The predicted molar refractivity (Wildman–Crippen MR) is 93.6 cm³/mol. The largest absolute Gasteiger partial charge is 0.143 e. The molecule has 0 unspecified atom stereocenters. The highest BCUT2D eigenvalue weighted by Crippen LogP contribution is 2.29. The van der Waals surface area contributed by atoms with Gasteiger partial charge < -0.3 is 0 Å². The van der Waals surface area contributed by atoms with Gasteiger partial charge in [0.15, 0.2) is 0 Å². The van der Waals surface area contributed by atoms with Crippen LogP contribution < -0.4 is 10.4 Å². The maximum absolute atomic E-state index is 2.48. The third-order valence-electron chi connectivity index (χ3n) is 3.09. The molecule has 2 heterocycles. The molecule has 0 bridgehead atoms. The normalized spacial score (nSPS) is 13.0. The van der Waals surface area contributed by atoms with Gasteiger partial charge in [0.25, 0.3) is 0 Å². The van der Waals surface area contributed by atoms with E-state index in [-0.39, 0.29) is 0 Å². The van der Waals surface area contributed by atoms with Crippen molar-refractivity contribution in [2.75, 3.05) is 0 Å². The van der Waals surface area contributed by atoms with Crippen LogP contribution in [0.15, 0.2) is 22.9 Å². The van der Waals surface area contributed by atoms with Gasteiger partial charge in [-0.15, -0.1) is 22.7 Å². The van der Waals surface area contributed by atoms with E-state index in [0.29, 0.717) is 0 Å². The summed E-state index contributed by atoms with van der Waals surface area (Å²) >= 11 is 3.85. The van der Waals surface area contributed by atoms with E-state index in [0.717, 1.165) is 0 Å². The van der Waals surface area contributed by atoms with Crippen LogP contribution in [0.2, 0.25) is 39.3 Å². The van der Waals surface area contributed by atoms with E-state index in [2.05, 4.69) is 62.2 Å². The molecular weight excluding hydrogens is 288 g/mol. The molecule has 0 nitrogen and oxygen atoms in total. The van der Waals surface area contributed by atoms with Crippen LogP contribution in [0.25, 0.3) is 9.75 Å². The molecule has 0 saturated carbocycles. The fraction of sp³-hybridized carbons (Fsp3) is 0.429. The lowest BCUT2D eigenvalue weighted by Crippen LogP contribution is -2.55. The van der Waals surface area contributed by atoms with Crippen molar-refractivity contribution in [3.63, 3.8) is 0 Å². The average Bonchev–Trinajstić information content (AvgIpc) is 2.83. The highest BCUT2D eigenvalue weighted by atomic mass is 32.1. The molecule has 0 spiro atoms. The van der Waals surface area contributed by atoms with Crippen molar-refractivity contribution in [3.8, 4) is 9.75 Å². The third-order valence-corrected chi connectivity index (χ3v) is 9.79. The molecule has 0 fully saturated rings. The molecule has 2 aromatic heterocycles. The fourth-order valence-electron chi connectivity index (χ4n) is 2.24. The van der Waals surface area contributed by atoms with Crippen molar-refractivity contribution >= 4 is 49.2 Å². The Hall–Kier alpha value is -0.166. The summed E-state index contributed by atoms with van der Waals surface area (Å²) in [6, 6.07) is 4.44. The molecule has 0 aliphatic carbocycles. The maximum atomic E-state index is 2.48. The molecular formula is C14H22S2Si2. The summed E-state index contributed by atoms with van der Waals surface area (Å²) in [5.41, 5.74) is 0. The van der Waals surface area contributed by atoms with Gasteiger partial charge in [-0.05, 0) is 27.2 Å². The summed E-state index contributed by atoms with van der Waals surface area (Å²) in [5.74, 6) is 0. The summed E-state index contributed by atoms with van der Waals surface area (Å²) in [5, 5.41) is 8.08. The van der Waals surface area contributed by atoms with E-state index in [1.54, 1.807) is 15.3 Å². The Labute approximate surface area is 121 Å². The summed E-state index contributed by atoms with van der Waals surface area (Å²) < 4.78 is 0. The van der Waals surface area contributed by atoms with Gasteiger partial charge >= 0.3 is 0 Å². The molecule has 0 aromatic carbocycles. The first kappa shape index (κ1) is 14.2. The van der Waals surface area contributed by atoms with E-state index < -0.39 is 16.1 Å². The average molecular weight is 311 g/mol. The summed E-state index contributed by atoms with van der Waals surface area (Å²) in [6.07, 6.45) is 0. The van der Waals surface area contributed by atoms with Crippen molar-refractivity contribution in [3.05, 3.63) is 22.9 Å². The van der Waals surface area contributed by atoms with Gasteiger partial charge in [-0.1, -0.05) is 45.3 Å². The number of hydrogen-bond donors (Lipinski definition) is 0. The van der Waals surface area contributed by atoms with E-state index in [1.807, 2.05) is 22.7 Å². The lowest BCUT2D eigenvalue weighted by atomic mass is 10.4. The minimum Gasteiger partial charge on any atom is -0.143 e. The zero-order chi connectivity index (χ0) is 13.6. The zero-order valence-corrected chi connectivity index (χ0v) is 15.8. The van der Waals surface area contributed by atoms with Crippen molar-refractivity contribution in [2.24, 2.45) is 0 Å². The van der Waals surface area contributed by atoms with E-state index in [9.17, 15) is 0 Å². The highest BCUT2D eigenvalue weighted by Gasteiger charge is 2.31. The molecule has 0 amide bonds. The Morgan fingerprint density at radius 1 is 0.889 bits per heavy atom. The fourth-order valence-corrected chi connectivity index (χ4v) is 11.8. The smallest absolute Gasteiger partial charge is 0.0794 e. The van der Waals surface area contributed by atoms with E-state index in [4.69, 9.17) is 0 Å². The Morgan fingerprint density at radius 2 is 1.56 bits per heavy atom. The van der Waals surface area contributed by atoms with Gasteiger partial charge in [-0.3, -0.25) is 0 Å². The molecule has 98 valence electrons. The van der Waals surface area contributed by atoms with Crippen molar-refractivity contribution in [1.82, 2.24) is 0 Å². The van der Waals surface area contributed by atoms with Gasteiger partial charge in [-0.2, -0.15) is 0 Å². The molecule has 0 radical (unpaired) electrons. The first-order valence-electron chi connectivity index (χ1n) is 6.37. The number of rotatable bonds is 3. The molecule has 0 aliphatic heterocycles. The second kappa shape index (κ2) is 4.74. The molecule has 2 rings (SSSR count).